The number of nitrogens with one attached hydrogen (secondary N) is 1. The maximum absolute atomic E-state index is 9.95. The summed E-state index contributed by atoms with van der Waals surface area (Å²) in [7, 11) is 1.58. The second-order valence-electron chi connectivity index (χ2n) is 4.46. The van der Waals surface area contributed by atoms with E-state index in [9.17, 15) is 5.11 Å². The van der Waals surface area contributed by atoms with Crippen LogP contribution in [0.4, 0.5) is 11.6 Å². The van der Waals surface area contributed by atoms with Gasteiger partial charge in [-0.05, 0) is 19.3 Å². The second-order valence-corrected chi connectivity index (χ2v) is 4.46. The standard InChI is InChI=1S/C11H18N4O2/c1-17-6-10-14-8(12)5-9(15-10)13-7-11(16)3-2-4-11/h5,16H,2-4,6-7H2,1H3,(H3,12,13,14,15). The smallest absolute Gasteiger partial charge is 0.158 e. The van der Waals surface area contributed by atoms with Crippen LogP contribution >= 0.6 is 0 Å². The van der Waals surface area contributed by atoms with Crippen molar-refractivity contribution in [2.24, 2.45) is 0 Å². The van der Waals surface area contributed by atoms with E-state index in [-0.39, 0.29) is 0 Å². The molecule has 1 saturated carbocycles. The maximum atomic E-state index is 9.95. The molecule has 1 heterocycles. The minimum atomic E-state index is -0.582. The molecule has 94 valence electrons. The monoisotopic (exact) mass is 238 g/mol. The fraction of sp³-hybridized carbons (Fsp3) is 0.636. The molecular formula is C11H18N4O2. The summed E-state index contributed by atoms with van der Waals surface area (Å²) in [5.74, 6) is 1.57. The minimum Gasteiger partial charge on any atom is -0.388 e. The lowest BCUT2D eigenvalue weighted by Gasteiger charge is -2.36. The molecule has 1 aromatic rings. The van der Waals surface area contributed by atoms with Crippen molar-refractivity contribution >= 4 is 11.6 Å². The summed E-state index contributed by atoms with van der Waals surface area (Å²) in [6.07, 6.45) is 2.76. The lowest BCUT2D eigenvalue weighted by molar-refractivity contribution is -0.0202. The number of nitrogen functional groups attached to an aromatic ring is 1. The Bertz CT molecular complexity index is 393. The van der Waals surface area contributed by atoms with Gasteiger partial charge in [-0.1, -0.05) is 0 Å². The molecule has 6 nitrogen and oxygen atoms in total. The zero-order valence-corrected chi connectivity index (χ0v) is 9.94. The molecule has 0 aromatic carbocycles. The van der Waals surface area contributed by atoms with E-state index in [1.807, 2.05) is 0 Å². The molecule has 0 radical (unpaired) electrons. The van der Waals surface area contributed by atoms with Crippen LogP contribution in [-0.4, -0.2) is 34.3 Å². The number of hydrogen-bond donors (Lipinski definition) is 3. The molecule has 0 amide bonds. The largest absolute Gasteiger partial charge is 0.388 e. The van der Waals surface area contributed by atoms with Crippen molar-refractivity contribution in [3.05, 3.63) is 11.9 Å². The van der Waals surface area contributed by atoms with Gasteiger partial charge >= 0.3 is 0 Å². The first-order valence-electron chi connectivity index (χ1n) is 5.70. The van der Waals surface area contributed by atoms with E-state index in [2.05, 4.69) is 15.3 Å². The third-order valence-electron chi connectivity index (χ3n) is 2.95. The number of anilines is 2. The Morgan fingerprint density at radius 1 is 1.53 bits per heavy atom. The quantitative estimate of drug-likeness (QED) is 0.693. The van der Waals surface area contributed by atoms with E-state index in [0.717, 1.165) is 19.3 Å². The first-order valence-corrected chi connectivity index (χ1v) is 5.70. The Morgan fingerprint density at radius 3 is 2.88 bits per heavy atom. The number of aliphatic hydroxyl groups is 1. The van der Waals surface area contributed by atoms with E-state index < -0.39 is 5.60 Å². The molecule has 0 unspecified atom stereocenters. The van der Waals surface area contributed by atoms with E-state index in [0.29, 0.717) is 30.6 Å². The van der Waals surface area contributed by atoms with Gasteiger partial charge in [-0.15, -0.1) is 0 Å². The molecule has 17 heavy (non-hydrogen) atoms. The Labute approximate surface area is 100 Å². The Hall–Kier alpha value is -1.40. The second kappa shape index (κ2) is 4.85. The molecule has 4 N–H and O–H groups in total. The number of aromatic nitrogens is 2. The highest BCUT2D eigenvalue weighted by atomic mass is 16.5. The molecule has 0 bridgehead atoms. The molecule has 0 spiro atoms. The van der Waals surface area contributed by atoms with Gasteiger partial charge in [-0.2, -0.15) is 0 Å². The van der Waals surface area contributed by atoms with Gasteiger partial charge in [0.05, 0.1) is 5.60 Å². The average Bonchev–Trinajstić information content (AvgIpc) is 2.23. The summed E-state index contributed by atoms with van der Waals surface area (Å²) in [5.41, 5.74) is 5.08. The van der Waals surface area contributed by atoms with Crippen LogP contribution in [0.5, 0.6) is 0 Å². The maximum Gasteiger partial charge on any atom is 0.158 e. The fourth-order valence-corrected chi connectivity index (χ4v) is 1.82. The molecule has 1 aliphatic rings. The molecule has 1 fully saturated rings. The summed E-state index contributed by atoms with van der Waals surface area (Å²) >= 11 is 0. The summed E-state index contributed by atoms with van der Waals surface area (Å²) < 4.78 is 4.96. The first-order chi connectivity index (χ1) is 8.11. The molecule has 2 rings (SSSR count). The van der Waals surface area contributed by atoms with E-state index in [1.165, 1.54) is 0 Å². The highest BCUT2D eigenvalue weighted by molar-refractivity contribution is 5.44. The van der Waals surface area contributed by atoms with Gasteiger partial charge in [-0.25, -0.2) is 9.97 Å². The molecule has 6 heteroatoms. The average molecular weight is 238 g/mol. The zero-order chi connectivity index (χ0) is 12.3. The minimum absolute atomic E-state index is 0.323. The van der Waals surface area contributed by atoms with E-state index in [4.69, 9.17) is 10.5 Å². The molecule has 1 aromatic heterocycles. The highest BCUT2D eigenvalue weighted by Crippen LogP contribution is 2.31. The topological polar surface area (TPSA) is 93.3 Å². The molecule has 0 aliphatic heterocycles. The van der Waals surface area contributed by atoms with Gasteiger partial charge in [-0.3, -0.25) is 0 Å². The van der Waals surface area contributed by atoms with E-state index in [1.54, 1.807) is 13.2 Å². The first kappa shape index (κ1) is 12.1. The predicted molar refractivity (Wildman–Crippen MR) is 64.4 cm³/mol. The summed E-state index contributed by atoms with van der Waals surface area (Å²) in [5, 5.41) is 13.0. The van der Waals surface area contributed by atoms with Crippen molar-refractivity contribution in [1.29, 1.82) is 0 Å². The Kier molecular flexibility index (Phi) is 3.44. The third kappa shape index (κ3) is 3.04. The predicted octanol–water partition coefficient (Wildman–Crippen LogP) is 0.532. The van der Waals surface area contributed by atoms with Crippen LogP contribution in [0, 0.1) is 0 Å². The number of ether oxygens (including phenoxy) is 1. The van der Waals surface area contributed by atoms with Crippen molar-refractivity contribution < 1.29 is 9.84 Å². The Balaban J connectivity index is 1.99. The van der Waals surface area contributed by atoms with Crippen LogP contribution in [0.2, 0.25) is 0 Å². The van der Waals surface area contributed by atoms with Gasteiger partial charge in [0, 0.05) is 19.7 Å². The van der Waals surface area contributed by atoms with Gasteiger partial charge in [0.15, 0.2) is 5.82 Å². The van der Waals surface area contributed by atoms with Crippen molar-refractivity contribution in [2.45, 2.75) is 31.5 Å². The third-order valence-corrected chi connectivity index (χ3v) is 2.95. The van der Waals surface area contributed by atoms with Crippen molar-refractivity contribution in [1.82, 2.24) is 9.97 Å². The fourth-order valence-electron chi connectivity index (χ4n) is 1.82. The van der Waals surface area contributed by atoms with Crippen molar-refractivity contribution in [2.75, 3.05) is 24.7 Å². The summed E-state index contributed by atoms with van der Waals surface area (Å²) in [4.78, 5) is 8.29. The van der Waals surface area contributed by atoms with Crippen LogP contribution in [0.15, 0.2) is 6.07 Å². The van der Waals surface area contributed by atoms with Crippen LogP contribution in [0.3, 0.4) is 0 Å². The van der Waals surface area contributed by atoms with Gasteiger partial charge in [0.25, 0.3) is 0 Å². The molecule has 0 saturated heterocycles. The van der Waals surface area contributed by atoms with Crippen LogP contribution in [-0.2, 0) is 11.3 Å². The summed E-state index contributed by atoms with van der Waals surface area (Å²) in [6.45, 7) is 0.819. The zero-order valence-electron chi connectivity index (χ0n) is 9.94. The number of methoxy groups -OCH3 is 1. The molecule has 0 atom stereocenters. The van der Waals surface area contributed by atoms with E-state index >= 15 is 0 Å². The van der Waals surface area contributed by atoms with Gasteiger partial charge in [0.2, 0.25) is 0 Å². The van der Waals surface area contributed by atoms with Crippen LogP contribution in [0.25, 0.3) is 0 Å². The number of hydrogen-bond acceptors (Lipinski definition) is 6. The summed E-state index contributed by atoms with van der Waals surface area (Å²) in [6, 6.07) is 1.65. The molecule has 1 aliphatic carbocycles. The number of rotatable bonds is 5. The lowest BCUT2D eigenvalue weighted by Crippen LogP contribution is -2.43. The number of nitrogens with zero attached hydrogens (tertiary/aromatic N) is 2. The van der Waals surface area contributed by atoms with Crippen LogP contribution in [0.1, 0.15) is 25.1 Å². The highest BCUT2D eigenvalue weighted by Gasteiger charge is 2.34. The SMILES string of the molecule is COCc1nc(N)cc(NCC2(O)CCC2)n1. The van der Waals surface area contributed by atoms with Crippen LogP contribution < -0.4 is 11.1 Å². The van der Waals surface area contributed by atoms with Crippen molar-refractivity contribution in [3.8, 4) is 0 Å². The molecular weight excluding hydrogens is 220 g/mol. The van der Waals surface area contributed by atoms with Gasteiger partial charge < -0.3 is 20.9 Å². The normalized spacial score (nSPS) is 17.5. The number of nitrogens with two attached hydrogens (primary N) is 1. The van der Waals surface area contributed by atoms with Gasteiger partial charge in [0.1, 0.15) is 18.2 Å². The Morgan fingerprint density at radius 2 is 2.29 bits per heavy atom. The lowest BCUT2D eigenvalue weighted by atomic mass is 9.80. The van der Waals surface area contributed by atoms with Crippen molar-refractivity contribution in [3.63, 3.8) is 0 Å².